The molecule has 1 unspecified atom stereocenters. The molecule has 112 valence electrons. The topological polar surface area (TPSA) is 34.1 Å². The fraction of sp³-hybridized carbons (Fsp3) is 0.312. The van der Waals surface area contributed by atoms with Crippen molar-refractivity contribution in [3.05, 3.63) is 53.1 Å². The van der Waals surface area contributed by atoms with E-state index in [-0.39, 0.29) is 11.9 Å². The van der Waals surface area contributed by atoms with Gasteiger partial charge in [0.15, 0.2) is 0 Å². The van der Waals surface area contributed by atoms with Gasteiger partial charge >= 0.3 is 0 Å². The maximum absolute atomic E-state index is 12.9. The lowest BCUT2D eigenvalue weighted by molar-refractivity contribution is 0.317. The van der Waals surface area contributed by atoms with Gasteiger partial charge in [-0.1, -0.05) is 18.5 Å². The normalized spacial score (nSPS) is 12.0. The van der Waals surface area contributed by atoms with Crippen LogP contribution in [0.2, 0.25) is 5.02 Å². The predicted molar refractivity (Wildman–Crippen MR) is 83.5 cm³/mol. The molecule has 0 radical (unpaired) electrons. The first-order chi connectivity index (χ1) is 10.1. The highest BCUT2D eigenvalue weighted by Crippen LogP contribution is 2.29. The Hall–Kier alpha value is -1.81. The summed E-state index contributed by atoms with van der Waals surface area (Å²) < 4.78 is 18.4. The molecule has 0 aliphatic carbocycles. The number of nitrogens with zero attached hydrogens (tertiary/aromatic N) is 1. The lowest BCUT2D eigenvalue weighted by Gasteiger charge is -2.16. The number of anilines is 1. The summed E-state index contributed by atoms with van der Waals surface area (Å²) in [6, 6.07) is 8.56. The summed E-state index contributed by atoms with van der Waals surface area (Å²) in [6.45, 7) is 4.64. The Kier molecular flexibility index (Phi) is 5.39. The molecule has 2 aromatic rings. The molecule has 0 spiro atoms. The Morgan fingerprint density at radius 2 is 2.14 bits per heavy atom. The van der Waals surface area contributed by atoms with Crippen LogP contribution in [0.25, 0.3) is 0 Å². The Morgan fingerprint density at radius 1 is 1.33 bits per heavy atom. The van der Waals surface area contributed by atoms with Crippen molar-refractivity contribution in [1.82, 2.24) is 4.98 Å². The smallest absolute Gasteiger partial charge is 0.141 e. The third kappa shape index (κ3) is 4.33. The molecule has 0 amide bonds. The molecule has 5 heteroatoms. The van der Waals surface area contributed by atoms with Gasteiger partial charge in [-0.3, -0.25) is 4.98 Å². The van der Waals surface area contributed by atoms with E-state index < -0.39 is 0 Å². The van der Waals surface area contributed by atoms with E-state index in [1.54, 1.807) is 6.07 Å². The third-order valence-electron chi connectivity index (χ3n) is 2.97. The van der Waals surface area contributed by atoms with Gasteiger partial charge in [-0.2, -0.15) is 0 Å². The third-order valence-corrected chi connectivity index (χ3v) is 3.27. The van der Waals surface area contributed by atoms with Gasteiger partial charge in [0.1, 0.15) is 11.6 Å². The van der Waals surface area contributed by atoms with Gasteiger partial charge < -0.3 is 10.1 Å². The Morgan fingerprint density at radius 3 is 2.76 bits per heavy atom. The van der Waals surface area contributed by atoms with Crippen molar-refractivity contribution in [1.29, 1.82) is 0 Å². The van der Waals surface area contributed by atoms with Gasteiger partial charge in [0.25, 0.3) is 0 Å². The van der Waals surface area contributed by atoms with Crippen molar-refractivity contribution >= 4 is 17.3 Å². The van der Waals surface area contributed by atoms with Crippen LogP contribution in [0.1, 0.15) is 32.0 Å². The quantitative estimate of drug-likeness (QED) is 0.829. The molecule has 0 bridgehead atoms. The number of ether oxygens (including phenoxy) is 1. The van der Waals surface area contributed by atoms with Crippen molar-refractivity contribution < 1.29 is 9.13 Å². The first-order valence-corrected chi connectivity index (χ1v) is 7.28. The van der Waals surface area contributed by atoms with E-state index in [2.05, 4.69) is 10.3 Å². The second-order valence-electron chi connectivity index (χ2n) is 4.76. The summed E-state index contributed by atoms with van der Waals surface area (Å²) in [5, 5.41) is 3.84. The molecule has 1 heterocycles. The molecule has 1 N–H and O–H groups in total. The van der Waals surface area contributed by atoms with Gasteiger partial charge in [0.2, 0.25) is 0 Å². The lowest BCUT2D eigenvalue weighted by atomic mass is 10.2. The number of nitrogens with one attached hydrogen (secondary N) is 1. The highest BCUT2D eigenvalue weighted by Gasteiger charge is 2.09. The molecule has 2 rings (SSSR count). The zero-order chi connectivity index (χ0) is 15.2. The first kappa shape index (κ1) is 15.6. The van der Waals surface area contributed by atoms with Gasteiger partial charge in [0.05, 0.1) is 29.6 Å². The summed E-state index contributed by atoms with van der Waals surface area (Å²) in [5.74, 6) is 0.336. The van der Waals surface area contributed by atoms with E-state index in [4.69, 9.17) is 16.3 Å². The van der Waals surface area contributed by atoms with Gasteiger partial charge in [-0.15, -0.1) is 0 Å². The summed E-state index contributed by atoms with van der Waals surface area (Å²) in [6.07, 6.45) is 2.14. The van der Waals surface area contributed by atoms with Gasteiger partial charge in [-0.05, 0) is 43.7 Å². The maximum Gasteiger partial charge on any atom is 0.141 e. The predicted octanol–water partition coefficient (Wildman–Crippen LogP) is 4.84. The van der Waals surface area contributed by atoms with E-state index in [0.717, 1.165) is 17.8 Å². The minimum absolute atomic E-state index is 0.0518. The summed E-state index contributed by atoms with van der Waals surface area (Å²) in [7, 11) is 0. The van der Waals surface area contributed by atoms with Crippen molar-refractivity contribution in [3.8, 4) is 5.75 Å². The maximum atomic E-state index is 12.9. The van der Waals surface area contributed by atoms with E-state index in [9.17, 15) is 4.39 Å². The Bertz CT molecular complexity index is 589. The van der Waals surface area contributed by atoms with Crippen molar-refractivity contribution in [2.24, 2.45) is 0 Å². The lowest BCUT2D eigenvalue weighted by Crippen LogP contribution is -2.08. The van der Waals surface area contributed by atoms with Crippen LogP contribution in [0, 0.1) is 5.82 Å². The van der Waals surface area contributed by atoms with Crippen LogP contribution >= 0.6 is 11.6 Å². The zero-order valence-corrected chi connectivity index (χ0v) is 12.8. The van der Waals surface area contributed by atoms with Crippen LogP contribution < -0.4 is 10.1 Å². The summed E-state index contributed by atoms with van der Waals surface area (Å²) in [5.41, 5.74) is 1.63. The van der Waals surface area contributed by atoms with E-state index in [1.165, 1.54) is 12.3 Å². The average molecular weight is 309 g/mol. The van der Waals surface area contributed by atoms with Crippen LogP contribution in [0.15, 0.2) is 36.5 Å². The second kappa shape index (κ2) is 7.27. The number of aromatic nitrogens is 1. The average Bonchev–Trinajstić information content (AvgIpc) is 2.47. The van der Waals surface area contributed by atoms with Crippen molar-refractivity contribution in [2.75, 3.05) is 11.9 Å². The van der Waals surface area contributed by atoms with E-state index in [0.29, 0.717) is 17.4 Å². The van der Waals surface area contributed by atoms with E-state index >= 15 is 0 Å². The number of hydrogen-bond donors (Lipinski definition) is 1. The van der Waals surface area contributed by atoms with Crippen LogP contribution in [-0.4, -0.2) is 11.6 Å². The van der Waals surface area contributed by atoms with Crippen LogP contribution in [-0.2, 0) is 0 Å². The number of benzene rings is 1. The van der Waals surface area contributed by atoms with Crippen molar-refractivity contribution in [2.45, 2.75) is 26.3 Å². The fourth-order valence-corrected chi connectivity index (χ4v) is 2.12. The molecule has 3 nitrogen and oxygen atoms in total. The number of halogens is 2. The molecule has 0 aliphatic heterocycles. The van der Waals surface area contributed by atoms with Crippen molar-refractivity contribution in [3.63, 3.8) is 0 Å². The monoisotopic (exact) mass is 308 g/mol. The van der Waals surface area contributed by atoms with Gasteiger partial charge in [0, 0.05) is 5.69 Å². The summed E-state index contributed by atoms with van der Waals surface area (Å²) >= 11 is 6.19. The highest BCUT2D eigenvalue weighted by atomic mass is 35.5. The molecule has 1 aromatic carbocycles. The molecule has 0 fully saturated rings. The molecule has 0 aliphatic rings. The fourth-order valence-electron chi connectivity index (χ4n) is 1.89. The molecule has 1 aromatic heterocycles. The highest BCUT2D eigenvalue weighted by molar-refractivity contribution is 6.32. The number of hydrogen-bond acceptors (Lipinski definition) is 3. The number of rotatable bonds is 6. The molecule has 21 heavy (non-hydrogen) atoms. The Balaban J connectivity index is 2.05. The molecular formula is C16H18ClFN2O. The SMILES string of the molecule is CCCOc1ccc(NC(C)c2ccc(F)cn2)cc1Cl. The number of pyridine rings is 1. The van der Waals surface area contributed by atoms with Gasteiger partial charge in [-0.25, -0.2) is 4.39 Å². The molecule has 0 saturated heterocycles. The minimum atomic E-state index is -0.341. The molecule has 1 atom stereocenters. The Labute approximate surface area is 129 Å². The van der Waals surface area contributed by atoms with Crippen LogP contribution in [0.5, 0.6) is 5.75 Å². The largest absolute Gasteiger partial charge is 0.492 e. The zero-order valence-electron chi connectivity index (χ0n) is 12.1. The van der Waals surface area contributed by atoms with Crippen LogP contribution in [0.3, 0.4) is 0 Å². The van der Waals surface area contributed by atoms with E-state index in [1.807, 2.05) is 32.0 Å². The summed E-state index contributed by atoms with van der Waals surface area (Å²) in [4.78, 5) is 4.06. The van der Waals surface area contributed by atoms with Crippen LogP contribution in [0.4, 0.5) is 10.1 Å². The molecular weight excluding hydrogens is 291 g/mol. The standard InChI is InChI=1S/C16H18ClFN2O/c1-3-8-21-16-7-5-13(9-14(16)17)20-11(2)15-6-4-12(18)10-19-15/h4-7,9-11,20H,3,8H2,1-2H3. The first-order valence-electron chi connectivity index (χ1n) is 6.90. The second-order valence-corrected chi connectivity index (χ2v) is 5.17. The molecule has 0 saturated carbocycles. The minimum Gasteiger partial charge on any atom is -0.492 e.